The lowest BCUT2D eigenvalue weighted by molar-refractivity contribution is -0.142. The maximum atomic E-state index is 11.1. The van der Waals surface area contributed by atoms with Gasteiger partial charge in [-0.2, -0.15) is 0 Å². The van der Waals surface area contributed by atoms with E-state index in [2.05, 4.69) is 19.8 Å². The minimum Gasteiger partial charge on any atom is -0.481 e. The van der Waals surface area contributed by atoms with E-state index in [-0.39, 0.29) is 5.92 Å². The summed E-state index contributed by atoms with van der Waals surface area (Å²) in [4.78, 5) is 29.3. The van der Waals surface area contributed by atoms with Gasteiger partial charge in [-0.25, -0.2) is 15.0 Å². The van der Waals surface area contributed by atoms with Crippen LogP contribution in [-0.2, 0) is 4.79 Å². The zero-order valence-corrected chi connectivity index (χ0v) is 13.6. The molecule has 24 heavy (non-hydrogen) atoms. The number of carboxylic acid groups (broad SMARTS) is 1. The largest absolute Gasteiger partial charge is 0.481 e. The van der Waals surface area contributed by atoms with Crippen molar-refractivity contribution >= 4 is 28.6 Å². The Morgan fingerprint density at radius 2 is 1.83 bits per heavy atom. The first-order valence-corrected chi connectivity index (χ1v) is 8.57. The van der Waals surface area contributed by atoms with E-state index in [4.69, 9.17) is 10.1 Å². The third-order valence-corrected chi connectivity index (χ3v) is 5.01. The predicted molar refractivity (Wildman–Crippen MR) is 91.4 cm³/mol. The maximum absolute atomic E-state index is 11.1. The van der Waals surface area contributed by atoms with Gasteiger partial charge >= 0.3 is 5.97 Å². The highest BCUT2D eigenvalue weighted by molar-refractivity contribution is 5.89. The number of hydrogen-bond acceptors (Lipinski definition) is 6. The molecule has 2 aromatic rings. The fraction of sp³-hybridized carbons (Fsp3) is 0.529. The second-order valence-electron chi connectivity index (χ2n) is 6.53. The molecule has 2 aliphatic rings. The van der Waals surface area contributed by atoms with Crippen LogP contribution in [0.25, 0.3) is 10.9 Å². The summed E-state index contributed by atoms with van der Waals surface area (Å²) in [6.45, 7) is 3.45. The molecule has 4 heterocycles. The van der Waals surface area contributed by atoms with Crippen LogP contribution in [0.5, 0.6) is 0 Å². The Morgan fingerprint density at radius 3 is 2.54 bits per heavy atom. The summed E-state index contributed by atoms with van der Waals surface area (Å²) in [6.07, 6.45) is 7.34. The molecule has 2 aliphatic heterocycles. The first kappa shape index (κ1) is 15.1. The van der Waals surface area contributed by atoms with Gasteiger partial charge in [-0.05, 0) is 31.7 Å². The molecule has 0 atom stereocenters. The van der Waals surface area contributed by atoms with Crippen molar-refractivity contribution in [2.75, 3.05) is 36.0 Å². The monoisotopic (exact) mass is 327 g/mol. The number of hydrogen-bond donors (Lipinski definition) is 1. The summed E-state index contributed by atoms with van der Waals surface area (Å²) in [6, 6.07) is 1.92. The average Bonchev–Trinajstić information content (AvgIpc) is 3.15. The van der Waals surface area contributed by atoms with Crippen LogP contribution in [0.15, 0.2) is 18.5 Å². The van der Waals surface area contributed by atoms with Crippen LogP contribution in [0.3, 0.4) is 0 Å². The van der Waals surface area contributed by atoms with Crippen molar-refractivity contribution in [3.63, 3.8) is 0 Å². The molecule has 0 aliphatic carbocycles. The first-order chi connectivity index (χ1) is 11.7. The van der Waals surface area contributed by atoms with Crippen LogP contribution in [0, 0.1) is 5.92 Å². The molecule has 0 radical (unpaired) electrons. The molecule has 0 amide bonds. The number of piperidine rings is 1. The molecular formula is C17H21N5O2. The Bertz CT molecular complexity index is 752. The van der Waals surface area contributed by atoms with E-state index in [1.807, 2.05) is 12.3 Å². The van der Waals surface area contributed by atoms with E-state index in [1.165, 1.54) is 12.8 Å². The van der Waals surface area contributed by atoms with E-state index in [1.54, 1.807) is 6.20 Å². The van der Waals surface area contributed by atoms with Crippen molar-refractivity contribution in [2.24, 2.45) is 5.92 Å². The molecule has 0 spiro atoms. The molecule has 7 heteroatoms. The Balaban J connectivity index is 1.61. The molecule has 0 saturated carbocycles. The lowest BCUT2D eigenvalue weighted by atomic mass is 9.97. The summed E-state index contributed by atoms with van der Waals surface area (Å²) in [5.41, 5.74) is 0.900. The van der Waals surface area contributed by atoms with Gasteiger partial charge in [0.2, 0.25) is 5.95 Å². The molecule has 2 fully saturated rings. The lowest BCUT2D eigenvalue weighted by Crippen LogP contribution is -2.36. The number of aromatic nitrogens is 3. The average molecular weight is 327 g/mol. The van der Waals surface area contributed by atoms with Crippen molar-refractivity contribution in [1.82, 2.24) is 15.0 Å². The molecule has 1 N–H and O–H groups in total. The van der Waals surface area contributed by atoms with E-state index in [9.17, 15) is 4.79 Å². The summed E-state index contributed by atoms with van der Waals surface area (Å²) in [7, 11) is 0. The lowest BCUT2D eigenvalue weighted by Gasteiger charge is -2.31. The molecule has 0 unspecified atom stereocenters. The summed E-state index contributed by atoms with van der Waals surface area (Å²) < 4.78 is 0. The third kappa shape index (κ3) is 2.74. The number of aliphatic carboxylic acids is 1. The number of carbonyl (C=O) groups is 1. The van der Waals surface area contributed by atoms with E-state index >= 15 is 0 Å². The Hall–Kier alpha value is -2.44. The Kier molecular flexibility index (Phi) is 3.92. The minimum absolute atomic E-state index is 0.241. The van der Waals surface area contributed by atoms with Gasteiger partial charge in [0.05, 0.1) is 16.8 Å². The summed E-state index contributed by atoms with van der Waals surface area (Å²) in [5.74, 6) is 0.722. The van der Waals surface area contributed by atoms with Gasteiger partial charge in [-0.15, -0.1) is 0 Å². The quantitative estimate of drug-likeness (QED) is 0.922. The van der Waals surface area contributed by atoms with Crippen LogP contribution in [0.1, 0.15) is 25.7 Å². The topological polar surface area (TPSA) is 82.4 Å². The van der Waals surface area contributed by atoms with Gasteiger partial charge in [-0.3, -0.25) is 4.79 Å². The molecule has 4 rings (SSSR count). The fourth-order valence-electron chi connectivity index (χ4n) is 3.59. The molecule has 126 valence electrons. The van der Waals surface area contributed by atoms with Crippen molar-refractivity contribution in [2.45, 2.75) is 25.7 Å². The fourth-order valence-corrected chi connectivity index (χ4v) is 3.59. The summed E-state index contributed by atoms with van der Waals surface area (Å²) >= 11 is 0. The van der Waals surface area contributed by atoms with Gasteiger partial charge in [-0.1, -0.05) is 0 Å². The molecule has 7 nitrogen and oxygen atoms in total. The van der Waals surface area contributed by atoms with Crippen LogP contribution in [0.2, 0.25) is 0 Å². The standard InChI is InChI=1S/C17H21N5O2/c23-16(24)12-4-9-21(10-5-12)15-13-11-19-17(22-7-1-2-8-22)20-14(13)3-6-18-15/h3,6,11-12H,1-2,4-5,7-10H2,(H,23,24). The Labute approximate surface area is 140 Å². The number of anilines is 2. The zero-order chi connectivity index (χ0) is 16.5. The van der Waals surface area contributed by atoms with Crippen molar-refractivity contribution in [3.8, 4) is 0 Å². The number of carboxylic acids is 1. The van der Waals surface area contributed by atoms with Crippen molar-refractivity contribution in [1.29, 1.82) is 0 Å². The number of rotatable bonds is 3. The highest BCUT2D eigenvalue weighted by Gasteiger charge is 2.26. The van der Waals surface area contributed by atoms with Crippen LogP contribution < -0.4 is 9.80 Å². The SMILES string of the molecule is O=C(O)C1CCN(c2nccc3nc(N4CCCC4)ncc23)CC1. The number of pyridine rings is 1. The second-order valence-corrected chi connectivity index (χ2v) is 6.53. The van der Waals surface area contributed by atoms with E-state index in [0.29, 0.717) is 25.9 Å². The molecule has 2 aromatic heterocycles. The van der Waals surface area contributed by atoms with Gasteiger partial charge in [0, 0.05) is 38.6 Å². The number of nitrogens with zero attached hydrogens (tertiary/aromatic N) is 5. The highest BCUT2D eigenvalue weighted by atomic mass is 16.4. The normalized spacial score (nSPS) is 19.2. The molecule has 0 aromatic carbocycles. The number of fused-ring (bicyclic) bond motifs is 1. The van der Waals surface area contributed by atoms with E-state index in [0.717, 1.165) is 35.8 Å². The van der Waals surface area contributed by atoms with Gasteiger partial charge in [0.1, 0.15) is 5.82 Å². The van der Waals surface area contributed by atoms with Crippen LogP contribution >= 0.6 is 0 Å². The van der Waals surface area contributed by atoms with Gasteiger partial charge in [0.15, 0.2) is 0 Å². The highest BCUT2D eigenvalue weighted by Crippen LogP contribution is 2.28. The van der Waals surface area contributed by atoms with Gasteiger partial charge in [0.25, 0.3) is 0 Å². The minimum atomic E-state index is -0.695. The maximum Gasteiger partial charge on any atom is 0.306 e. The zero-order valence-electron chi connectivity index (χ0n) is 13.6. The predicted octanol–water partition coefficient (Wildman–Crippen LogP) is 1.93. The Morgan fingerprint density at radius 1 is 1.08 bits per heavy atom. The van der Waals surface area contributed by atoms with Crippen LogP contribution in [0.4, 0.5) is 11.8 Å². The van der Waals surface area contributed by atoms with Crippen molar-refractivity contribution in [3.05, 3.63) is 18.5 Å². The van der Waals surface area contributed by atoms with Crippen molar-refractivity contribution < 1.29 is 9.90 Å². The molecule has 2 saturated heterocycles. The smallest absolute Gasteiger partial charge is 0.306 e. The van der Waals surface area contributed by atoms with Gasteiger partial charge < -0.3 is 14.9 Å². The van der Waals surface area contributed by atoms with E-state index < -0.39 is 5.97 Å². The van der Waals surface area contributed by atoms with Crippen LogP contribution in [-0.4, -0.2) is 52.2 Å². The summed E-state index contributed by atoms with van der Waals surface area (Å²) in [5, 5.41) is 10.1. The first-order valence-electron chi connectivity index (χ1n) is 8.57. The molecule has 0 bridgehead atoms. The third-order valence-electron chi connectivity index (χ3n) is 5.01. The molecular weight excluding hydrogens is 306 g/mol. The second kappa shape index (κ2) is 6.22.